The summed E-state index contributed by atoms with van der Waals surface area (Å²) in [6.07, 6.45) is 1.55. The van der Waals surface area contributed by atoms with Crippen LogP contribution in [0.15, 0.2) is 66.9 Å². The molecule has 0 radical (unpaired) electrons. The second kappa shape index (κ2) is 13.6. The van der Waals surface area contributed by atoms with Crippen LogP contribution in [0.1, 0.15) is 0 Å². The zero-order valence-electron chi connectivity index (χ0n) is 13.2. The van der Waals surface area contributed by atoms with Crippen LogP contribution < -0.4 is 0 Å². The van der Waals surface area contributed by atoms with Crippen molar-refractivity contribution in [2.24, 2.45) is 0 Å². The van der Waals surface area contributed by atoms with Crippen LogP contribution in [0.4, 0.5) is 14.5 Å². The van der Waals surface area contributed by atoms with Gasteiger partial charge in [-0.15, -0.1) is 12.1 Å². The molecular formula is C19H11F2IrN3S+. The van der Waals surface area contributed by atoms with Gasteiger partial charge in [-0.25, -0.2) is 10.1 Å². The Morgan fingerprint density at radius 1 is 1.12 bits per heavy atom. The number of halogens is 2. The standard InChI is InChI=1S/C11H6F2N.C7H5N.CHNS.Ir/c12-8-4-5-9(10(13)7-8)11-3-1-2-6-14-11;1-8-7-5-3-2-4-6-7;2-1-3;/h1-4,6-7H;2-6H;3H;/q-1;;;+3/p-1. The zero-order valence-corrected chi connectivity index (χ0v) is 16.4. The molecule has 0 saturated carbocycles. The van der Waals surface area contributed by atoms with Gasteiger partial charge in [0.2, 0.25) is 0 Å². The topological polar surface area (TPSA) is 41.0 Å². The Kier molecular flexibility index (Phi) is 12.2. The summed E-state index contributed by atoms with van der Waals surface area (Å²) < 4.78 is 25.8. The van der Waals surface area contributed by atoms with Crippen molar-refractivity contribution in [2.45, 2.75) is 0 Å². The largest absolute Gasteiger partial charge is 3.00 e. The molecule has 26 heavy (non-hydrogen) atoms. The molecule has 7 heteroatoms. The fourth-order valence-electron chi connectivity index (χ4n) is 1.65. The average Bonchev–Trinajstić information content (AvgIpc) is 2.64. The number of benzene rings is 2. The van der Waals surface area contributed by atoms with Crippen LogP contribution in [0.3, 0.4) is 0 Å². The predicted molar refractivity (Wildman–Crippen MR) is 94.1 cm³/mol. The van der Waals surface area contributed by atoms with Crippen molar-refractivity contribution in [2.75, 3.05) is 0 Å². The molecule has 0 saturated heterocycles. The molecule has 0 atom stereocenters. The van der Waals surface area contributed by atoms with E-state index in [1.165, 1.54) is 5.40 Å². The summed E-state index contributed by atoms with van der Waals surface area (Å²) in [6.45, 7) is 6.57. The average molecular weight is 544 g/mol. The molecule has 0 spiro atoms. The number of rotatable bonds is 1. The van der Waals surface area contributed by atoms with Gasteiger partial charge in [0.15, 0.2) is 5.69 Å². The van der Waals surface area contributed by atoms with Crippen LogP contribution in [0.2, 0.25) is 0 Å². The monoisotopic (exact) mass is 544 g/mol. The molecule has 0 N–H and O–H groups in total. The number of pyridine rings is 1. The van der Waals surface area contributed by atoms with Gasteiger partial charge in [0, 0.05) is 17.8 Å². The Morgan fingerprint density at radius 2 is 1.73 bits per heavy atom. The third-order valence-corrected chi connectivity index (χ3v) is 2.66. The van der Waals surface area contributed by atoms with Crippen molar-refractivity contribution < 1.29 is 28.9 Å². The summed E-state index contributed by atoms with van der Waals surface area (Å²) in [5.74, 6) is -1.29. The Labute approximate surface area is 169 Å². The molecule has 0 fully saturated rings. The minimum absolute atomic E-state index is 0. The number of aromatic nitrogens is 1. The summed E-state index contributed by atoms with van der Waals surface area (Å²) in [5, 5.41) is 8.47. The van der Waals surface area contributed by atoms with Crippen molar-refractivity contribution in [1.82, 2.24) is 4.98 Å². The van der Waals surface area contributed by atoms with E-state index in [0.29, 0.717) is 11.4 Å². The van der Waals surface area contributed by atoms with E-state index in [4.69, 9.17) is 11.8 Å². The minimum Gasteiger partial charge on any atom is -0.696 e. The van der Waals surface area contributed by atoms with Gasteiger partial charge in [0.05, 0.1) is 6.57 Å². The van der Waals surface area contributed by atoms with Crippen LogP contribution in [0.5, 0.6) is 0 Å². The van der Waals surface area contributed by atoms with Crippen LogP contribution >= 0.6 is 0 Å². The number of hydrogen-bond donors (Lipinski definition) is 0. The smallest absolute Gasteiger partial charge is 0.696 e. The molecule has 0 bridgehead atoms. The van der Waals surface area contributed by atoms with Crippen molar-refractivity contribution in [3.05, 3.63) is 96.0 Å². The summed E-state index contributed by atoms with van der Waals surface area (Å²) in [4.78, 5) is 7.17. The molecule has 3 nitrogen and oxygen atoms in total. The molecule has 0 amide bonds. The van der Waals surface area contributed by atoms with E-state index >= 15 is 0 Å². The van der Waals surface area contributed by atoms with Gasteiger partial charge < -0.3 is 17.6 Å². The van der Waals surface area contributed by atoms with Gasteiger partial charge in [0.25, 0.3) is 0 Å². The number of nitriles is 1. The maximum Gasteiger partial charge on any atom is 3.00 e. The van der Waals surface area contributed by atoms with Gasteiger partial charge >= 0.3 is 20.1 Å². The number of para-hydroxylation sites is 1. The minimum atomic E-state index is -0.649. The molecule has 0 aliphatic heterocycles. The van der Waals surface area contributed by atoms with Crippen LogP contribution in [-0.2, 0) is 32.7 Å². The maximum absolute atomic E-state index is 13.2. The Balaban J connectivity index is 0.000000445. The van der Waals surface area contributed by atoms with Crippen molar-refractivity contribution in [3.63, 3.8) is 0 Å². The Bertz CT molecular complexity index is 863. The molecule has 130 valence electrons. The second-order valence-corrected chi connectivity index (χ2v) is 4.48. The second-order valence-electron chi connectivity index (χ2n) is 4.29. The molecule has 3 aromatic rings. The van der Waals surface area contributed by atoms with Gasteiger partial charge in [-0.1, -0.05) is 59.5 Å². The summed E-state index contributed by atoms with van der Waals surface area (Å²) >= 11 is 3.70. The molecule has 1 heterocycles. The first-order valence-electron chi connectivity index (χ1n) is 6.84. The first-order valence-corrected chi connectivity index (χ1v) is 7.25. The van der Waals surface area contributed by atoms with Gasteiger partial charge in [-0.2, -0.15) is 0 Å². The molecular weight excluding hydrogens is 533 g/mol. The number of nitrogens with zero attached hydrogens (tertiary/aromatic N) is 3. The Hall–Kier alpha value is -2.70. The molecule has 3 rings (SSSR count). The molecule has 1 aromatic heterocycles. The van der Waals surface area contributed by atoms with Gasteiger partial charge in [-0.3, -0.25) is 8.78 Å². The first-order chi connectivity index (χ1) is 12.1. The Morgan fingerprint density at radius 3 is 2.19 bits per heavy atom. The summed E-state index contributed by atoms with van der Waals surface area (Å²) in [6, 6.07) is 18.7. The number of hydrogen-bond acceptors (Lipinski definition) is 3. The quantitative estimate of drug-likeness (QED) is 0.244. The zero-order chi connectivity index (χ0) is 18.5. The van der Waals surface area contributed by atoms with Crippen molar-refractivity contribution >= 4 is 18.3 Å². The van der Waals surface area contributed by atoms with Crippen LogP contribution in [-0.4, -0.2) is 4.98 Å². The van der Waals surface area contributed by atoms with Crippen LogP contribution in [0.25, 0.3) is 16.1 Å². The van der Waals surface area contributed by atoms with Crippen molar-refractivity contribution in [1.29, 1.82) is 5.26 Å². The third-order valence-electron chi connectivity index (χ3n) is 2.66. The van der Waals surface area contributed by atoms with E-state index in [2.05, 4.69) is 28.5 Å². The molecule has 0 aliphatic carbocycles. The van der Waals surface area contributed by atoms with Crippen LogP contribution in [0, 0.1) is 34.9 Å². The maximum atomic E-state index is 13.2. The van der Waals surface area contributed by atoms with E-state index in [0.717, 1.165) is 12.1 Å². The van der Waals surface area contributed by atoms with Gasteiger partial charge in [-0.05, 0) is 11.8 Å². The van der Waals surface area contributed by atoms with E-state index in [1.807, 2.05) is 18.2 Å². The van der Waals surface area contributed by atoms with E-state index in [-0.39, 0.29) is 25.7 Å². The van der Waals surface area contributed by atoms with E-state index in [9.17, 15) is 8.78 Å². The summed E-state index contributed by atoms with van der Waals surface area (Å²) in [7, 11) is 0. The fraction of sp³-hybridized carbons (Fsp3) is 0. The SMILES string of the molecule is Fc1c[c-]c(-c2ccccn2)c(F)c1.N#C[S-].[C-]#[N+]c1ccccc1.[Ir+3]. The predicted octanol–water partition coefficient (Wildman–Crippen LogP) is 5.08. The first kappa shape index (κ1) is 23.3. The summed E-state index contributed by atoms with van der Waals surface area (Å²) in [5.41, 5.74) is 1.34. The fourth-order valence-corrected chi connectivity index (χ4v) is 1.65. The third kappa shape index (κ3) is 8.41. The number of thiocyanates is 1. The molecule has 0 aliphatic rings. The van der Waals surface area contributed by atoms with E-state index in [1.54, 1.807) is 36.5 Å². The van der Waals surface area contributed by atoms with E-state index < -0.39 is 11.6 Å². The molecule has 2 aromatic carbocycles. The van der Waals surface area contributed by atoms with Gasteiger partial charge in [0.1, 0.15) is 0 Å². The molecule has 0 unspecified atom stereocenters. The normalized spacial score (nSPS) is 8.15. The van der Waals surface area contributed by atoms with Crippen molar-refractivity contribution in [3.8, 4) is 16.7 Å².